The van der Waals surface area contributed by atoms with E-state index >= 15 is 0 Å². The van der Waals surface area contributed by atoms with Crippen molar-refractivity contribution < 1.29 is 9.47 Å². The average molecular weight is 426 g/mol. The molecule has 5 nitrogen and oxygen atoms in total. The van der Waals surface area contributed by atoms with Gasteiger partial charge >= 0.3 is 0 Å². The van der Waals surface area contributed by atoms with Crippen LogP contribution in [0.15, 0.2) is 60.7 Å². The molecule has 1 aromatic heterocycles. The molecule has 1 saturated heterocycles. The summed E-state index contributed by atoms with van der Waals surface area (Å²) in [5.41, 5.74) is 3.50. The van der Waals surface area contributed by atoms with Gasteiger partial charge in [0.15, 0.2) is 0 Å². The van der Waals surface area contributed by atoms with Crippen LogP contribution in [0.1, 0.15) is 23.1 Å². The van der Waals surface area contributed by atoms with Crippen LogP contribution in [-0.2, 0) is 24.6 Å². The lowest BCUT2D eigenvalue weighted by molar-refractivity contribution is -0.0318. The normalized spacial score (nSPS) is 17.2. The molecule has 0 N–H and O–H groups in total. The third kappa shape index (κ3) is 5.42. The Hall–Kier alpha value is -2.34. The van der Waals surface area contributed by atoms with Gasteiger partial charge in [0.2, 0.25) is 0 Å². The van der Waals surface area contributed by atoms with Gasteiger partial charge in [-0.1, -0.05) is 54.1 Å². The summed E-state index contributed by atoms with van der Waals surface area (Å²) in [6.07, 6.45) is 1.83. The summed E-state index contributed by atoms with van der Waals surface area (Å²) in [7, 11) is 1.98. The molecule has 158 valence electrons. The largest absolute Gasteiger partial charge is 0.492 e. The van der Waals surface area contributed by atoms with Crippen molar-refractivity contribution in [2.45, 2.75) is 18.9 Å². The number of nitrogens with zero attached hydrogens (tertiary/aromatic N) is 3. The molecule has 1 aliphatic rings. The minimum absolute atomic E-state index is 0.0129. The summed E-state index contributed by atoms with van der Waals surface area (Å²) < 4.78 is 13.8. The lowest BCUT2D eigenvalue weighted by Crippen LogP contribution is -2.39. The highest BCUT2D eigenvalue weighted by atomic mass is 35.5. The van der Waals surface area contributed by atoms with Crippen molar-refractivity contribution in [2.75, 3.05) is 32.8 Å². The molecule has 30 heavy (non-hydrogen) atoms. The Labute approximate surface area is 183 Å². The zero-order valence-corrected chi connectivity index (χ0v) is 18.1. The predicted molar refractivity (Wildman–Crippen MR) is 119 cm³/mol. The molecule has 4 rings (SSSR count). The molecule has 1 atom stereocenters. The van der Waals surface area contributed by atoms with Crippen LogP contribution in [-0.4, -0.2) is 47.5 Å². The van der Waals surface area contributed by atoms with Crippen molar-refractivity contribution in [2.24, 2.45) is 7.05 Å². The minimum Gasteiger partial charge on any atom is -0.492 e. The van der Waals surface area contributed by atoms with Crippen LogP contribution in [0, 0.1) is 0 Å². The quantitative estimate of drug-likeness (QED) is 0.539. The van der Waals surface area contributed by atoms with E-state index in [2.05, 4.69) is 41.3 Å². The van der Waals surface area contributed by atoms with Crippen LogP contribution in [0.3, 0.4) is 0 Å². The molecule has 0 radical (unpaired) electrons. The molecule has 2 aromatic carbocycles. The third-order valence-electron chi connectivity index (χ3n) is 5.49. The first-order valence-corrected chi connectivity index (χ1v) is 10.8. The van der Waals surface area contributed by atoms with Gasteiger partial charge in [-0.25, -0.2) is 0 Å². The number of ether oxygens (including phenoxy) is 2. The smallest absolute Gasteiger partial charge is 0.137 e. The summed E-state index contributed by atoms with van der Waals surface area (Å²) in [5.74, 6) is 0.714. The van der Waals surface area contributed by atoms with Gasteiger partial charge in [-0.2, -0.15) is 5.10 Å². The van der Waals surface area contributed by atoms with E-state index in [1.54, 1.807) is 0 Å². The fourth-order valence-electron chi connectivity index (χ4n) is 3.77. The van der Waals surface area contributed by atoms with E-state index in [4.69, 9.17) is 26.2 Å². The Balaban J connectivity index is 1.31. The molecule has 0 amide bonds. The Morgan fingerprint density at radius 1 is 1.10 bits per heavy atom. The Bertz CT molecular complexity index is 945. The van der Waals surface area contributed by atoms with E-state index < -0.39 is 0 Å². The molecule has 0 bridgehead atoms. The number of hydrogen-bond donors (Lipinski definition) is 0. The van der Waals surface area contributed by atoms with E-state index in [9.17, 15) is 0 Å². The second-order valence-electron chi connectivity index (χ2n) is 7.61. The number of aromatic nitrogens is 2. The predicted octanol–water partition coefficient (Wildman–Crippen LogP) is 4.31. The molecule has 1 unspecified atom stereocenters. The highest BCUT2D eigenvalue weighted by Gasteiger charge is 2.24. The SMILES string of the molecule is Cn1nc(C2CN(CCc3ccccc3)CCO2)cc1CCOc1ccccc1Cl. The third-order valence-corrected chi connectivity index (χ3v) is 5.80. The highest BCUT2D eigenvalue weighted by molar-refractivity contribution is 6.32. The van der Waals surface area contributed by atoms with Crippen molar-refractivity contribution >= 4 is 11.6 Å². The van der Waals surface area contributed by atoms with Crippen molar-refractivity contribution in [1.29, 1.82) is 0 Å². The van der Waals surface area contributed by atoms with E-state index in [0.29, 0.717) is 17.4 Å². The van der Waals surface area contributed by atoms with Crippen LogP contribution >= 0.6 is 11.6 Å². The van der Waals surface area contributed by atoms with E-state index in [1.165, 1.54) is 5.56 Å². The zero-order valence-electron chi connectivity index (χ0n) is 17.3. The minimum atomic E-state index is 0.0129. The molecule has 2 heterocycles. The fraction of sp³-hybridized carbons (Fsp3) is 0.375. The van der Waals surface area contributed by atoms with Crippen LogP contribution in [0.25, 0.3) is 0 Å². The molecule has 3 aromatic rings. The van der Waals surface area contributed by atoms with Gasteiger partial charge in [0.25, 0.3) is 0 Å². The van der Waals surface area contributed by atoms with Crippen molar-refractivity contribution in [1.82, 2.24) is 14.7 Å². The van der Waals surface area contributed by atoms with Crippen LogP contribution in [0.2, 0.25) is 5.02 Å². The number of aryl methyl sites for hydroxylation is 1. The fourth-order valence-corrected chi connectivity index (χ4v) is 3.96. The molecule has 0 aliphatic carbocycles. The number of halogens is 1. The Morgan fingerprint density at radius 2 is 1.90 bits per heavy atom. The molecule has 0 spiro atoms. The maximum absolute atomic E-state index is 6.16. The van der Waals surface area contributed by atoms with Crippen LogP contribution < -0.4 is 4.74 Å². The van der Waals surface area contributed by atoms with E-state index in [0.717, 1.165) is 50.5 Å². The monoisotopic (exact) mass is 425 g/mol. The van der Waals surface area contributed by atoms with Crippen LogP contribution in [0.5, 0.6) is 5.75 Å². The van der Waals surface area contributed by atoms with Gasteiger partial charge < -0.3 is 9.47 Å². The molecular weight excluding hydrogens is 398 g/mol. The number of benzene rings is 2. The average Bonchev–Trinajstić information content (AvgIpc) is 3.15. The lowest BCUT2D eigenvalue weighted by Gasteiger charge is -2.32. The summed E-state index contributed by atoms with van der Waals surface area (Å²) in [6.45, 7) is 4.17. The highest BCUT2D eigenvalue weighted by Crippen LogP contribution is 2.24. The molecule has 6 heteroatoms. The van der Waals surface area contributed by atoms with Gasteiger partial charge in [-0.15, -0.1) is 0 Å². The van der Waals surface area contributed by atoms with Crippen LogP contribution in [0.4, 0.5) is 0 Å². The Kier molecular flexibility index (Phi) is 7.05. The topological polar surface area (TPSA) is 39.5 Å². The first kappa shape index (κ1) is 20.9. The molecular formula is C24H28ClN3O2. The molecule has 1 fully saturated rings. The summed E-state index contributed by atoms with van der Waals surface area (Å²) in [4.78, 5) is 2.47. The van der Waals surface area contributed by atoms with E-state index in [1.807, 2.05) is 36.0 Å². The first-order chi connectivity index (χ1) is 14.7. The second-order valence-corrected chi connectivity index (χ2v) is 8.02. The number of morpholine rings is 1. The molecule has 1 aliphatic heterocycles. The summed E-state index contributed by atoms with van der Waals surface area (Å²) in [5, 5.41) is 5.35. The lowest BCUT2D eigenvalue weighted by atomic mass is 10.1. The van der Waals surface area contributed by atoms with E-state index in [-0.39, 0.29) is 6.10 Å². The zero-order chi connectivity index (χ0) is 20.8. The Morgan fingerprint density at radius 3 is 2.73 bits per heavy atom. The summed E-state index contributed by atoms with van der Waals surface area (Å²) in [6, 6.07) is 20.3. The summed E-state index contributed by atoms with van der Waals surface area (Å²) >= 11 is 6.16. The van der Waals surface area contributed by atoms with Gasteiger partial charge in [0, 0.05) is 38.8 Å². The van der Waals surface area contributed by atoms with Gasteiger partial charge in [0.05, 0.1) is 23.9 Å². The van der Waals surface area contributed by atoms with Gasteiger partial charge in [0.1, 0.15) is 11.9 Å². The van der Waals surface area contributed by atoms with Crippen molar-refractivity contribution in [3.63, 3.8) is 0 Å². The standard InChI is InChI=1S/C24H28ClN3O2/c1-27-20(12-15-29-23-10-6-5-9-21(23)25)17-22(26-27)24-18-28(14-16-30-24)13-11-19-7-3-2-4-8-19/h2-10,17,24H,11-16,18H2,1H3. The van der Waals surface area contributed by atoms with Gasteiger partial charge in [-0.3, -0.25) is 9.58 Å². The number of hydrogen-bond acceptors (Lipinski definition) is 4. The number of rotatable bonds is 8. The van der Waals surface area contributed by atoms with Crippen molar-refractivity contribution in [3.8, 4) is 5.75 Å². The second kappa shape index (κ2) is 10.1. The maximum atomic E-state index is 6.16. The van der Waals surface area contributed by atoms with Crippen molar-refractivity contribution in [3.05, 3.63) is 82.6 Å². The molecule has 0 saturated carbocycles. The number of para-hydroxylation sites is 1. The van der Waals surface area contributed by atoms with Gasteiger partial charge in [-0.05, 0) is 30.2 Å². The maximum Gasteiger partial charge on any atom is 0.137 e. The first-order valence-electron chi connectivity index (χ1n) is 10.5.